The number of piperidine rings is 1. The highest BCUT2D eigenvalue weighted by Gasteiger charge is 2.31. The fourth-order valence-corrected chi connectivity index (χ4v) is 2.90. The second kappa shape index (κ2) is 6.24. The second-order valence-corrected chi connectivity index (χ2v) is 5.73. The molecule has 0 radical (unpaired) electrons. The van der Waals surface area contributed by atoms with Crippen LogP contribution in [0.2, 0.25) is 0 Å². The van der Waals surface area contributed by atoms with E-state index in [0.717, 1.165) is 5.56 Å². The van der Waals surface area contributed by atoms with Gasteiger partial charge in [-0.1, -0.05) is 35.5 Å². The minimum absolute atomic E-state index is 0.147. The topological polar surface area (TPSA) is 83.6 Å². The second-order valence-electron chi connectivity index (χ2n) is 5.73. The first-order valence-corrected chi connectivity index (χ1v) is 7.61. The number of carboxylic acid groups (broad SMARTS) is 1. The van der Waals surface area contributed by atoms with Crippen molar-refractivity contribution in [3.8, 4) is 11.3 Å². The van der Waals surface area contributed by atoms with Crippen LogP contribution in [0.3, 0.4) is 0 Å². The lowest BCUT2D eigenvalue weighted by atomic mass is 9.96. The molecule has 0 unspecified atom stereocenters. The number of aryl methyl sites for hydroxylation is 1. The lowest BCUT2D eigenvalue weighted by Crippen LogP contribution is -2.40. The molecule has 0 atom stereocenters. The maximum absolute atomic E-state index is 12.8. The van der Waals surface area contributed by atoms with Crippen molar-refractivity contribution >= 4 is 11.9 Å². The van der Waals surface area contributed by atoms with E-state index in [9.17, 15) is 9.59 Å². The molecule has 6 nitrogen and oxygen atoms in total. The van der Waals surface area contributed by atoms with Crippen molar-refractivity contribution < 1.29 is 19.2 Å². The van der Waals surface area contributed by atoms with Gasteiger partial charge in [0.25, 0.3) is 5.91 Å². The SMILES string of the molecule is Cc1onc(-c2ccccc2)c1C(=O)N1CCC(C(=O)O)CC1. The van der Waals surface area contributed by atoms with Crippen LogP contribution in [0, 0.1) is 12.8 Å². The number of benzene rings is 1. The molecule has 1 aliphatic heterocycles. The summed E-state index contributed by atoms with van der Waals surface area (Å²) in [6.45, 7) is 2.60. The number of amides is 1. The summed E-state index contributed by atoms with van der Waals surface area (Å²) in [5, 5.41) is 13.1. The predicted molar refractivity (Wildman–Crippen MR) is 82.9 cm³/mol. The van der Waals surface area contributed by atoms with Crippen molar-refractivity contribution in [1.82, 2.24) is 10.1 Å². The smallest absolute Gasteiger partial charge is 0.306 e. The zero-order valence-corrected chi connectivity index (χ0v) is 12.9. The van der Waals surface area contributed by atoms with Crippen molar-refractivity contribution in [3.63, 3.8) is 0 Å². The van der Waals surface area contributed by atoms with Gasteiger partial charge < -0.3 is 14.5 Å². The van der Waals surface area contributed by atoms with E-state index in [0.29, 0.717) is 42.9 Å². The van der Waals surface area contributed by atoms with Crippen LogP contribution in [0.15, 0.2) is 34.9 Å². The summed E-state index contributed by atoms with van der Waals surface area (Å²) in [5.74, 6) is -0.819. The van der Waals surface area contributed by atoms with Gasteiger partial charge in [-0.25, -0.2) is 0 Å². The molecular formula is C17H18N2O4. The first-order valence-electron chi connectivity index (χ1n) is 7.61. The normalized spacial score (nSPS) is 15.6. The summed E-state index contributed by atoms with van der Waals surface area (Å²) in [6.07, 6.45) is 0.956. The summed E-state index contributed by atoms with van der Waals surface area (Å²) in [7, 11) is 0. The van der Waals surface area contributed by atoms with E-state index in [4.69, 9.17) is 9.63 Å². The minimum Gasteiger partial charge on any atom is -0.481 e. The van der Waals surface area contributed by atoms with Crippen molar-refractivity contribution in [2.24, 2.45) is 5.92 Å². The monoisotopic (exact) mass is 314 g/mol. The van der Waals surface area contributed by atoms with Gasteiger partial charge in [0.2, 0.25) is 0 Å². The van der Waals surface area contributed by atoms with Crippen LogP contribution >= 0.6 is 0 Å². The van der Waals surface area contributed by atoms with E-state index in [1.165, 1.54) is 0 Å². The largest absolute Gasteiger partial charge is 0.481 e. The molecule has 1 saturated heterocycles. The molecule has 6 heteroatoms. The van der Waals surface area contributed by atoms with Gasteiger partial charge in [-0.2, -0.15) is 0 Å². The van der Waals surface area contributed by atoms with Gasteiger partial charge in [-0.05, 0) is 19.8 Å². The molecule has 0 aliphatic carbocycles. The molecule has 0 saturated carbocycles. The van der Waals surface area contributed by atoms with E-state index in [-0.39, 0.29) is 11.8 Å². The van der Waals surface area contributed by atoms with Crippen molar-refractivity contribution in [3.05, 3.63) is 41.7 Å². The molecule has 1 amide bonds. The summed E-state index contributed by atoms with van der Waals surface area (Å²) in [5.41, 5.74) is 1.83. The molecule has 3 rings (SSSR count). The van der Waals surface area contributed by atoms with Crippen molar-refractivity contribution in [1.29, 1.82) is 0 Å². The minimum atomic E-state index is -0.789. The van der Waals surface area contributed by atoms with Crippen molar-refractivity contribution in [2.75, 3.05) is 13.1 Å². The fraction of sp³-hybridized carbons (Fsp3) is 0.353. The predicted octanol–water partition coefficient (Wildman–Crippen LogP) is 2.59. The van der Waals surface area contributed by atoms with Crippen LogP contribution in [0.1, 0.15) is 29.0 Å². The number of aliphatic carboxylic acids is 1. The molecule has 1 N–H and O–H groups in total. The summed E-state index contributed by atoms with van der Waals surface area (Å²) in [4.78, 5) is 25.5. The number of carbonyl (C=O) groups excluding carboxylic acids is 1. The molecule has 2 heterocycles. The quantitative estimate of drug-likeness (QED) is 0.941. The van der Waals surface area contributed by atoms with E-state index in [1.807, 2.05) is 30.3 Å². The van der Waals surface area contributed by atoms with Gasteiger partial charge >= 0.3 is 5.97 Å². The molecular weight excluding hydrogens is 296 g/mol. The fourth-order valence-electron chi connectivity index (χ4n) is 2.90. The van der Waals surface area contributed by atoms with Crippen LogP contribution in [0.4, 0.5) is 0 Å². The Labute approximate surface area is 133 Å². The van der Waals surface area contributed by atoms with E-state index < -0.39 is 5.97 Å². The standard InChI is InChI=1S/C17H18N2O4/c1-11-14(15(18-23-11)12-5-3-2-4-6-12)16(20)19-9-7-13(8-10-19)17(21)22/h2-6,13H,7-10H2,1H3,(H,21,22). The third kappa shape index (κ3) is 2.97. The number of nitrogens with zero attached hydrogens (tertiary/aromatic N) is 2. The Bertz CT molecular complexity index is 715. The van der Waals surface area contributed by atoms with Crippen LogP contribution in [-0.4, -0.2) is 40.1 Å². The number of hydrogen-bond acceptors (Lipinski definition) is 4. The third-order valence-corrected chi connectivity index (χ3v) is 4.26. The van der Waals surface area contributed by atoms with E-state index in [2.05, 4.69) is 5.16 Å². The molecule has 0 bridgehead atoms. The Balaban J connectivity index is 1.84. The zero-order valence-electron chi connectivity index (χ0n) is 12.9. The highest BCUT2D eigenvalue weighted by atomic mass is 16.5. The van der Waals surface area contributed by atoms with Gasteiger partial charge in [0, 0.05) is 18.7 Å². The van der Waals surface area contributed by atoms with Crippen molar-refractivity contribution in [2.45, 2.75) is 19.8 Å². The van der Waals surface area contributed by atoms with Crippen LogP contribution in [0.5, 0.6) is 0 Å². The Hall–Kier alpha value is -2.63. The number of hydrogen-bond donors (Lipinski definition) is 1. The lowest BCUT2D eigenvalue weighted by Gasteiger charge is -2.30. The van der Waals surface area contributed by atoms with Gasteiger partial charge in [0.1, 0.15) is 17.0 Å². The molecule has 1 aromatic carbocycles. The zero-order chi connectivity index (χ0) is 16.4. The molecule has 0 spiro atoms. The summed E-state index contributed by atoms with van der Waals surface area (Å²) in [6, 6.07) is 9.42. The highest BCUT2D eigenvalue weighted by Crippen LogP contribution is 2.28. The van der Waals surface area contributed by atoms with Crippen LogP contribution < -0.4 is 0 Å². The number of carbonyl (C=O) groups is 2. The number of aromatic nitrogens is 1. The summed E-state index contributed by atoms with van der Waals surface area (Å²) < 4.78 is 5.23. The Kier molecular flexibility index (Phi) is 4.14. The number of likely N-dealkylation sites (tertiary alicyclic amines) is 1. The van der Waals surface area contributed by atoms with E-state index >= 15 is 0 Å². The Morgan fingerprint density at radius 1 is 1.22 bits per heavy atom. The van der Waals surface area contributed by atoms with Gasteiger partial charge in [0.05, 0.1) is 5.92 Å². The first kappa shape index (κ1) is 15.3. The molecule has 1 fully saturated rings. The first-order chi connectivity index (χ1) is 11.1. The Morgan fingerprint density at radius 2 is 1.87 bits per heavy atom. The number of rotatable bonds is 3. The number of carboxylic acids is 1. The van der Waals surface area contributed by atoms with Gasteiger partial charge in [-0.3, -0.25) is 9.59 Å². The average molecular weight is 314 g/mol. The molecule has 23 heavy (non-hydrogen) atoms. The van der Waals surface area contributed by atoms with Gasteiger partial charge in [-0.15, -0.1) is 0 Å². The third-order valence-electron chi connectivity index (χ3n) is 4.26. The molecule has 2 aromatic rings. The van der Waals surface area contributed by atoms with Crippen LogP contribution in [-0.2, 0) is 4.79 Å². The molecule has 1 aliphatic rings. The maximum Gasteiger partial charge on any atom is 0.306 e. The highest BCUT2D eigenvalue weighted by molar-refractivity contribution is 6.00. The summed E-state index contributed by atoms with van der Waals surface area (Å²) >= 11 is 0. The van der Waals surface area contributed by atoms with Crippen LogP contribution in [0.25, 0.3) is 11.3 Å². The molecule has 1 aromatic heterocycles. The average Bonchev–Trinajstić information content (AvgIpc) is 2.96. The van der Waals surface area contributed by atoms with E-state index in [1.54, 1.807) is 11.8 Å². The Morgan fingerprint density at radius 3 is 2.48 bits per heavy atom. The lowest BCUT2D eigenvalue weighted by molar-refractivity contribution is -0.143. The molecule has 120 valence electrons. The maximum atomic E-state index is 12.8. The van der Waals surface area contributed by atoms with Gasteiger partial charge in [0.15, 0.2) is 0 Å².